The molecule has 23 heavy (non-hydrogen) atoms. The molecule has 4 heteroatoms. The van der Waals surface area contributed by atoms with E-state index in [1.54, 1.807) is 30.3 Å². The maximum Gasteiger partial charge on any atom is 0.217 e. The van der Waals surface area contributed by atoms with E-state index in [0.717, 1.165) is 10.9 Å². The molecule has 116 valence electrons. The summed E-state index contributed by atoms with van der Waals surface area (Å²) in [5.74, 6) is -0.0138. The van der Waals surface area contributed by atoms with Crippen molar-refractivity contribution in [2.24, 2.45) is 0 Å². The number of fused-ring (bicyclic) bond motifs is 1. The Morgan fingerprint density at radius 3 is 2.39 bits per heavy atom. The van der Waals surface area contributed by atoms with Gasteiger partial charge < -0.3 is 15.5 Å². The number of hydrogen-bond acceptors (Lipinski definition) is 3. The van der Waals surface area contributed by atoms with Crippen LogP contribution in [0.2, 0.25) is 0 Å². The number of benzene rings is 3. The highest BCUT2D eigenvalue weighted by Crippen LogP contribution is 2.37. The van der Waals surface area contributed by atoms with E-state index in [1.807, 2.05) is 30.3 Å². The molecule has 0 aliphatic carbocycles. The Morgan fingerprint density at radius 2 is 1.70 bits per heavy atom. The van der Waals surface area contributed by atoms with Gasteiger partial charge in [-0.2, -0.15) is 0 Å². The minimum Gasteiger partial charge on any atom is -0.508 e. The Bertz CT molecular complexity index is 854. The lowest BCUT2D eigenvalue weighted by atomic mass is 9.92. The summed E-state index contributed by atoms with van der Waals surface area (Å²) in [5.41, 5.74) is 1.42. The lowest BCUT2D eigenvalue weighted by Gasteiger charge is -2.22. The van der Waals surface area contributed by atoms with Crippen molar-refractivity contribution >= 4 is 16.7 Å². The zero-order valence-electron chi connectivity index (χ0n) is 12.7. The average molecular weight is 307 g/mol. The number of phenols is 2. The first-order valence-corrected chi connectivity index (χ1v) is 7.33. The summed E-state index contributed by atoms with van der Waals surface area (Å²) in [5, 5.41) is 24.7. The van der Waals surface area contributed by atoms with Gasteiger partial charge in [-0.05, 0) is 34.5 Å². The average Bonchev–Trinajstić information content (AvgIpc) is 2.53. The fourth-order valence-corrected chi connectivity index (χ4v) is 2.79. The second-order valence-corrected chi connectivity index (χ2v) is 5.45. The lowest BCUT2D eigenvalue weighted by Crippen LogP contribution is -2.27. The maximum absolute atomic E-state index is 11.7. The summed E-state index contributed by atoms with van der Waals surface area (Å²) >= 11 is 0. The highest BCUT2D eigenvalue weighted by molar-refractivity contribution is 5.90. The first-order valence-electron chi connectivity index (χ1n) is 7.33. The standard InChI is InChI=1S/C19H17NO3/c1-12(21)20-19(14-5-3-2-4-6-14)18-16-11-15(22)9-7-13(16)8-10-17(18)23/h2-11,19,22-23H,1H3,(H,20,21)/t19-/m1/s1. The molecule has 4 nitrogen and oxygen atoms in total. The van der Waals surface area contributed by atoms with E-state index < -0.39 is 6.04 Å². The van der Waals surface area contributed by atoms with Gasteiger partial charge in [0.15, 0.2) is 0 Å². The van der Waals surface area contributed by atoms with Crippen LogP contribution in [-0.4, -0.2) is 16.1 Å². The van der Waals surface area contributed by atoms with Crippen LogP contribution < -0.4 is 5.32 Å². The van der Waals surface area contributed by atoms with Gasteiger partial charge in [-0.25, -0.2) is 0 Å². The van der Waals surface area contributed by atoms with Crippen LogP contribution in [0.25, 0.3) is 10.8 Å². The van der Waals surface area contributed by atoms with Crippen LogP contribution in [0, 0.1) is 0 Å². The first-order chi connectivity index (χ1) is 11.1. The fourth-order valence-electron chi connectivity index (χ4n) is 2.79. The van der Waals surface area contributed by atoms with Crippen molar-refractivity contribution in [3.8, 4) is 11.5 Å². The normalized spacial score (nSPS) is 12.0. The molecule has 0 aliphatic heterocycles. The fraction of sp³-hybridized carbons (Fsp3) is 0.105. The molecule has 0 spiro atoms. The van der Waals surface area contributed by atoms with Crippen LogP contribution in [0.5, 0.6) is 11.5 Å². The molecule has 0 fully saturated rings. The van der Waals surface area contributed by atoms with E-state index in [1.165, 1.54) is 6.92 Å². The summed E-state index contributed by atoms with van der Waals surface area (Å²) in [6.45, 7) is 1.44. The van der Waals surface area contributed by atoms with Crippen molar-refractivity contribution < 1.29 is 15.0 Å². The molecule has 0 radical (unpaired) electrons. The van der Waals surface area contributed by atoms with Gasteiger partial charge in [0.2, 0.25) is 5.91 Å². The number of rotatable bonds is 3. The van der Waals surface area contributed by atoms with Crippen molar-refractivity contribution in [2.45, 2.75) is 13.0 Å². The minimum atomic E-state index is -0.501. The predicted octanol–water partition coefficient (Wildman–Crippen LogP) is 3.48. The van der Waals surface area contributed by atoms with Gasteiger partial charge in [-0.1, -0.05) is 42.5 Å². The number of amides is 1. The molecule has 0 aliphatic rings. The third-order valence-corrected chi connectivity index (χ3v) is 3.79. The zero-order chi connectivity index (χ0) is 16.4. The molecule has 0 unspecified atom stereocenters. The smallest absolute Gasteiger partial charge is 0.217 e. The molecule has 0 heterocycles. The molecule has 0 bridgehead atoms. The summed E-state index contributed by atoms with van der Waals surface area (Å²) in [4.78, 5) is 11.7. The van der Waals surface area contributed by atoms with Gasteiger partial charge in [0, 0.05) is 12.5 Å². The van der Waals surface area contributed by atoms with Crippen LogP contribution >= 0.6 is 0 Å². The number of nitrogens with one attached hydrogen (secondary N) is 1. The number of hydrogen-bond donors (Lipinski definition) is 3. The second-order valence-electron chi connectivity index (χ2n) is 5.45. The van der Waals surface area contributed by atoms with Gasteiger partial charge in [0.05, 0.1) is 6.04 Å². The molecule has 0 saturated heterocycles. The number of aromatic hydroxyl groups is 2. The van der Waals surface area contributed by atoms with E-state index in [2.05, 4.69) is 5.32 Å². The Balaban J connectivity index is 2.27. The van der Waals surface area contributed by atoms with E-state index in [4.69, 9.17) is 0 Å². The van der Waals surface area contributed by atoms with Gasteiger partial charge in [-0.15, -0.1) is 0 Å². The topological polar surface area (TPSA) is 69.6 Å². The Hall–Kier alpha value is -3.01. The quantitative estimate of drug-likeness (QED) is 0.694. The minimum absolute atomic E-state index is 0.0747. The van der Waals surface area contributed by atoms with Gasteiger partial charge in [0.1, 0.15) is 11.5 Å². The first kappa shape index (κ1) is 14.9. The zero-order valence-corrected chi connectivity index (χ0v) is 12.7. The van der Waals surface area contributed by atoms with Gasteiger partial charge in [0.25, 0.3) is 0 Å². The SMILES string of the molecule is CC(=O)N[C@H](c1ccccc1)c1c(O)ccc2ccc(O)cc12. The van der Waals surface area contributed by atoms with Crippen molar-refractivity contribution in [3.05, 3.63) is 71.8 Å². The molecule has 0 aromatic heterocycles. The highest BCUT2D eigenvalue weighted by Gasteiger charge is 2.21. The van der Waals surface area contributed by atoms with Crippen LogP contribution in [0.15, 0.2) is 60.7 Å². The third kappa shape index (κ3) is 2.97. The number of carbonyl (C=O) groups is 1. The second kappa shape index (κ2) is 6.01. The lowest BCUT2D eigenvalue weighted by molar-refractivity contribution is -0.119. The van der Waals surface area contributed by atoms with E-state index in [9.17, 15) is 15.0 Å². The van der Waals surface area contributed by atoms with Gasteiger partial charge in [-0.3, -0.25) is 4.79 Å². The maximum atomic E-state index is 11.7. The largest absolute Gasteiger partial charge is 0.508 e. The molecular formula is C19H17NO3. The highest BCUT2D eigenvalue weighted by atomic mass is 16.3. The van der Waals surface area contributed by atoms with Crippen LogP contribution in [0.1, 0.15) is 24.1 Å². The third-order valence-electron chi connectivity index (χ3n) is 3.79. The summed E-state index contributed by atoms with van der Waals surface area (Å²) < 4.78 is 0. The van der Waals surface area contributed by atoms with E-state index in [0.29, 0.717) is 10.9 Å². The molecule has 3 N–H and O–H groups in total. The molecule has 0 saturated carbocycles. The van der Waals surface area contributed by atoms with Crippen molar-refractivity contribution in [1.82, 2.24) is 5.32 Å². The summed E-state index contributed by atoms with van der Waals surface area (Å²) in [6, 6.07) is 17.3. The Labute approximate surface area is 134 Å². The molecule has 1 amide bonds. The Morgan fingerprint density at radius 1 is 1.00 bits per heavy atom. The molecular weight excluding hydrogens is 290 g/mol. The molecule has 1 atom stereocenters. The molecule has 3 rings (SSSR count). The van der Waals surface area contributed by atoms with E-state index >= 15 is 0 Å². The van der Waals surface area contributed by atoms with Gasteiger partial charge >= 0.3 is 0 Å². The molecule has 3 aromatic rings. The summed E-state index contributed by atoms with van der Waals surface area (Å²) in [6.07, 6.45) is 0. The van der Waals surface area contributed by atoms with Crippen molar-refractivity contribution in [1.29, 1.82) is 0 Å². The van der Waals surface area contributed by atoms with Crippen LogP contribution in [0.4, 0.5) is 0 Å². The van der Waals surface area contributed by atoms with Crippen molar-refractivity contribution in [2.75, 3.05) is 0 Å². The Kier molecular flexibility index (Phi) is 3.89. The van der Waals surface area contributed by atoms with Crippen LogP contribution in [-0.2, 0) is 4.79 Å². The van der Waals surface area contributed by atoms with E-state index in [-0.39, 0.29) is 17.4 Å². The van der Waals surface area contributed by atoms with Crippen LogP contribution in [0.3, 0.4) is 0 Å². The number of phenolic OH excluding ortho intramolecular Hbond substituents is 2. The predicted molar refractivity (Wildman–Crippen MR) is 89.4 cm³/mol. The molecule has 3 aromatic carbocycles. The number of carbonyl (C=O) groups excluding carboxylic acids is 1. The summed E-state index contributed by atoms with van der Waals surface area (Å²) in [7, 11) is 0. The monoisotopic (exact) mass is 307 g/mol. The van der Waals surface area contributed by atoms with Crippen molar-refractivity contribution in [3.63, 3.8) is 0 Å².